The van der Waals surface area contributed by atoms with Crippen LogP contribution in [0.3, 0.4) is 0 Å². The summed E-state index contributed by atoms with van der Waals surface area (Å²) >= 11 is 0. The van der Waals surface area contributed by atoms with E-state index in [0.29, 0.717) is 5.69 Å². The predicted molar refractivity (Wildman–Crippen MR) is 105 cm³/mol. The van der Waals surface area contributed by atoms with Crippen molar-refractivity contribution in [3.63, 3.8) is 0 Å². The SMILES string of the molecule is N#Cc1c(O)cccc1N=C1CCCCCN1CCCc1ccccc1. The lowest BCUT2D eigenvalue weighted by Crippen LogP contribution is -2.31. The second-order valence-electron chi connectivity index (χ2n) is 6.70. The van der Waals surface area contributed by atoms with Gasteiger partial charge in [-0.25, -0.2) is 4.99 Å². The molecule has 0 saturated carbocycles. The van der Waals surface area contributed by atoms with Crippen LogP contribution in [0.25, 0.3) is 0 Å². The Morgan fingerprint density at radius 3 is 2.69 bits per heavy atom. The standard InChI is InChI=1S/C22H25N3O/c23-17-19-20(12-7-13-21(19)26)24-22-14-5-2-6-15-25(22)16-8-11-18-9-3-1-4-10-18/h1,3-4,7,9-10,12-13,26H,2,5-6,8,11,14-16H2. The van der Waals surface area contributed by atoms with Crippen LogP contribution in [0, 0.1) is 11.3 Å². The third kappa shape index (κ3) is 4.64. The van der Waals surface area contributed by atoms with Gasteiger partial charge in [-0.2, -0.15) is 5.26 Å². The predicted octanol–water partition coefficient (Wildman–Crippen LogP) is 4.80. The van der Waals surface area contributed by atoms with Gasteiger partial charge in [-0.3, -0.25) is 0 Å². The highest BCUT2D eigenvalue weighted by molar-refractivity contribution is 5.86. The highest BCUT2D eigenvalue weighted by Crippen LogP contribution is 2.28. The van der Waals surface area contributed by atoms with E-state index < -0.39 is 0 Å². The number of benzene rings is 2. The number of rotatable bonds is 5. The van der Waals surface area contributed by atoms with Crippen molar-refractivity contribution in [1.29, 1.82) is 5.26 Å². The minimum Gasteiger partial charge on any atom is -0.506 e. The molecule has 0 unspecified atom stereocenters. The molecule has 134 valence electrons. The number of nitrogens with zero attached hydrogens (tertiary/aromatic N) is 3. The molecule has 0 spiro atoms. The summed E-state index contributed by atoms with van der Waals surface area (Å²) in [5.74, 6) is 1.04. The molecule has 2 aromatic carbocycles. The molecule has 2 aromatic rings. The van der Waals surface area contributed by atoms with Crippen LogP contribution < -0.4 is 0 Å². The largest absolute Gasteiger partial charge is 0.506 e. The average molecular weight is 347 g/mol. The van der Waals surface area contributed by atoms with Crippen LogP contribution in [0.1, 0.15) is 43.2 Å². The summed E-state index contributed by atoms with van der Waals surface area (Å²) in [6, 6.07) is 17.7. The number of aromatic hydroxyl groups is 1. The van der Waals surface area contributed by atoms with E-state index in [1.54, 1.807) is 12.1 Å². The molecule has 4 nitrogen and oxygen atoms in total. The summed E-state index contributed by atoms with van der Waals surface area (Å²) in [5, 5.41) is 19.2. The molecular weight excluding hydrogens is 322 g/mol. The molecule has 0 atom stereocenters. The van der Waals surface area contributed by atoms with E-state index in [2.05, 4.69) is 35.2 Å². The lowest BCUT2D eigenvalue weighted by atomic mass is 10.1. The molecule has 1 saturated heterocycles. The van der Waals surface area contributed by atoms with Gasteiger partial charge in [0.15, 0.2) is 0 Å². The first kappa shape index (κ1) is 18.0. The summed E-state index contributed by atoms with van der Waals surface area (Å²) < 4.78 is 0. The zero-order valence-corrected chi connectivity index (χ0v) is 15.1. The lowest BCUT2D eigenvalue weighted by Gasteiger charge is -2.24. The minimum atomic E-state index is -0.00130. The fourth-order valence-electron chi connectivity index (χ4n) is 3.41. The second kappa shape index (κ2) is 9.05. The molecule has 1 aliphatic heterocycles. The number of amidine groups is 1. The average Bonchev–Trinajstić information content (AvgIpc) is 2.88. The van der Waals surface area contributed by atoms with E-state index in [0.717, 1.165) is 44.6 Å². The van der Waals surface area contributed by atoms with Crippen LogP contribution in [-0.2, 0) is 6.42 Å². The number of hydrogen-bond acceptors (Lipinski definition) is 3. The van der Waals surface area contributed by atoms with Crippen LogP contribution in [0.15, 0.2) is 53.5 Å². The second-order valence-corrected chi connectivity index (χ2v) is 6.70. The third-order valence-corrected chi connectivity index (χ3v) is 4.81. The lowest BCUT2D eigenvalue weighted by molar-refractivity contribution is 0.406. The monoisotopic (exact) mass is 347 g/mol. The molecule has 4 heteroatoms. The van der Waals surface area contributed by atoms with Gasteiger partial charge < -0.3 is 10.0 Å². The molecule has 0 bridgehead atoms. The van der Waals surface area contributed by atoms with E-state index in [1.165, 1.54) is 24.5 Å². The van der Waals surface area contributed by atoms with Crippen molar-refractivity contribution >= 4 is 11.5 Å². The van der Waals surface area contributed by atoms with Gasteiger partial charge in [0.1, 0.15) is 23.2 Å². The quantitative estimate of drug-likeness (QED) is 0.845. The number of hydrogen-bond donors (Lipinski definition) is 1. The van der Waals surface area contributed by atoms with Crippen molar-refractivity contribution < 1.29 is 5.11 Å². The number of phenolic OH excluding ortho intramolecular Hbond substituents is 1. The van der Waals surface area contributed by atoms with Gasteiger partial charge in [-0.05, 0) is 43.4 Å². The highest BCUT2D eigenvalue weighted by Gasteiger charge is 2.16. The number of aryl methyl sites for hydroxylation is 1. The summed E-state index contributed by atoms with van der Waals surface area (Å²) in [5.41, 5.74) is 2.19. The van der Waals surface area contributed by atoms with Gasteiger partial charge in [-0.1, -0.05) is 42.8 Å². The van der Waals surface area contributed by atoms with Gasteiger partial charge in [-0.15, -0.1) is 0 Å². The van der Waals surface area contributed by atoms with Gasteiger partial charge in [0, 0.05) is 19.5 Å². The normalized spacial score (nSPS) is 16.3. The molecule has 0 aliphatic carbocycles. The van der Waals surface area contributed by atoms with Crippen LogP contribution in [0.5, 0.6) is 5.75 Å². The molecule has 0 aromatic heterocycles. The van der Waals surface area contributed by atoms with Crippen molar-refractivity contribution in [1.82, 2.24) is 4.90 Å². The third-order valence-electron chi connectivity index (χ3n) is 4.81. The van der Waals surface area contributed by atoms with Gasteiger partial charge >= 0.3 is 0 Å². The maximum atomic E-state index is 9.90. The molecule has 26 heavy (non-hydrogen) atoms. The smallest absolute Gasteiger partial charge is 0.135 e. The number of nitriles is 1. The molecule has 1 aliphatic rings. The van der Waals surface area contributed by atoms with Gasteiger partial charge in [0.25, 0.3) is 0 Å². The maximum Gasteiger partial charge on any atom is 0.135 e. The summed E-state index contributed by atoms with van der Waals surface area (Å²) in [6.07, 6.45) is 6.56. The van der Waals surface area contributed by atoms with Crippen LogP contribution >= 0.6 is 0 Å². The fraction of sp³-hybridized carbons (Fsp3) is 0.364. The first-order valence-electron chi connectivity index (χ1n) is 9.36. The van der Waals surface area contributed by atoms with Crippen molar-refractivity contribution in [2.45, 2.75) is 38.5 Å². The Balaban J connectivity index is 1.74. The number of phenols is 1. The van der Waals surface area contributed by atoms with Crippen molar-refractivity contribution in [3.05, 3.63) is 59.7 Å². The zero-order valence-electron chi connectivity index (χ0n) is 15.1. The van der Waals surface area contributed by atoms with E-state index in [1.807, 2.05) is 6.07 Å². The number of aliphatic imine (C=N–C) groups is 1. The maximum absolute atomic E-state index is 9.90. The molecular formula is C22H25N3O. The Hall–Kier alpha value is -2.80. The summed E-state index contributed by atoms with van der Waals surface area (Å²) in [7, 11) is 0. The molecule has 3 rings (SSSR count). The summed E-state index contributed by atoms with van der Waals surface area (Å²) in [6.45, 7) is 1.97. The van der Waals surface area contributed by atoms with Crippen LogP contribution in [-0.4, -0.2) is 28.9 Å². The minimum absolute atomic E-state index is 0.00130. The van der Waals surface area contributed by atoms with E-state index in [-0.39, 0.29) is 11.3 Å². The zero-order chi connectivity index (χ0) is 18.2. The Morgan fingerprint density at radius 1 is 1.04 bits per heavy atom. The van der Waals surface area contributed by atoms with Crippen LogP contribution in [0.4, 0.5) is 5.69 Å². The van der Waals surface area contributed by atoms with Crippen molar-refractivity contribution in [3.8, 4) is 11.8 Å². The van der Waals surface area contributed by atoms with Crippen molar-refractivity contribution in [2.24, 2.45) is 4.99 Å². The van der Waals surface area contributed by atoms with E-state index >= 15 is 0 Å². The van der Waals surface area contributed by atoms with Crippen molar-refractivity contribution in [2.75, 3.05) is 13.1 Å². The first-order valence-corrected chi connectivity index (χ1v) is 9.36. The Kier molecular flexibility index (Phi) is 6.27. The Labute approximate surface area is 155 Å². The highest BCUT2D eigenvalue weighted by atomic mass is 16.3. The number of likely N-dealkylation sites (tertiary alicyclic amines) is 1. The summed E-state index contributed by atoms with van der Waals surface area (Å²) in [4.78, 5) is 7.14. The first-order chi connectivity index (χ1) is 12.8. The van der Waals surface area contributed by atoms with E-state index in [9.17, 15) is 10.4 Å². The van der Waals surface area contributed by atoms with Gasteiger partial charge in [0.05, 0.1) is 5.69 Å². The van der Waals surface area contributed by atoms with E-state index in [4.69, 9.17) is 4.99 Å². The molecule has 1 heterocycles. The fourth-order valence-corrected chi connectivity index (χ4v) is 3.41. The molecule has 1 fully saturated rings. The Morgan fingerprint density at radius 2 is 1.88 bits per heavy atom. The van der Waals surface area contributed by atoms with Gasteiger partial charge in [0.2, 0.25) is 0 Å². The Bertz CT molecular complexity index is 793. The topological polar surface area (TPSA) is 59.6 Å². The molecule has 0 radical (unpaired) electrons. The van der Waals surface area contributed by atoms with Crippen LogP contribution in [0.2, 0.25) is 0 Å². The molecule has 0 amide bonds. The molecule has 1 N–H and O–H groups in total.